The van der Waals surface area contributed by atoms with Crippen molar-refractivity contribution in [2.24, 2.45) is 0 Å². The third-order valence-electron chi connectivity index (χ3n) is 5.62. The van der Waals surface area contributed by atoms with Gasteiger partial charge in [-0.25, -0.2) is 0 Å². The number of aromatic nitrogens is 1. The van der Waals surface area contributed by atoms with Gasteiger partial charge in [-0.3, -0.25) is 9.59 Å². The topological polar surface area (TPSA) is 89.0 Å². The van der Waals surface area contributed by atoms with E-state index in [0.717, 1.165) is 24.1 Å². The van der Waals surface area contributed by atoms with E-state index in [-0.39, 0.29) is 17.9 Å². The van der Waals surface area contributed by atoms with E-state index in [2.05, 4.69) is 17.2 Å². The number of anilines is 1. The van der Waals surface area contributed by atoms with Crippen LogP contribution in [0, 0.1) is 11.3 Å². The lowest BCUT2D eigenvalue weighted by atomic mass is 9.73. The standard InChI is InChI=1S/C20H20N4O2/c1-2-5-17-20(14-6-3-4-7-15(14)23-19(20)26)8-9-24(17)18(25)16-10-13(11-21)12-22-16/h3-4,6-7,10,12,17,22H,2,5,8-9H2,1H3,(H,23,26)/t17-,20+/m0/s1. The second-order valence-corrected chi connectivity index (χ2v) is 6.94. The lowest BCUT2D eigenvalue weighted by Crippen LogP contribution is -2.48. The van der Waals surface area contributed by atoms with Gasteiger partial charge in [0.15, 0.2) is 0 Å². The molecule has 4 rings (SSSR count). The summed E-state index contributed by atoms with van der Waals surface area (Å²) in [6.45, 7) is 2.59. The van der Waals surface area contributed by atoms with Crippen LogP contribution >= 0.6 is 0 Å². The summed E-state index contributed by atoms with van der Waals surface area (Å²) in [5, 5.41) is 12.0. The Kier molecular flexibility index (Phi) is 3.80. The number of hydrogen-bond acceptors (Lipinski definition) is 3. The van der Waals surface area contributed by atoms with Crippen molar-refractivity contribution in [3.05, 3.63) is 53.3 Å². The number of hydrogen-bond donors (Lipinski definition) is 2. The molecule has 2 aliphatic heterocycles. The zero-order chi connectivity index (χ0) is 18.3. The Morgan fingerprint density at radius 3 is 2.96 bits per heavy atom. The van der Waals surface area contributed by atoms with E-state index < -0.39 is 5.41 Å². The summed E-state index contributed by atoms with van der Waals surface area (Å²) >= 11 is 0. The van der Waals surface area contributed by atoms with Crippen LogP contribution < -0.4 is 5.32 Å². The molecule has 6 heteroatoms. The van der Waals surface area contributed by atoms with Crippen LogP contribution in [-0.4, -0.2) is 34.3 Å². The average Bonchev–Trinajstić information content (AvgIpc) is 3.34. The van der Waals surface area contributed by atoms with Gasteiger partial charge in [0.05, 0.1) is 17.0 Å². The molecule has 2 N–H and O–H groups in total. The van der Waals surface area contributed by atoms with E-state index in [0.29, 0.717) is 24.2 Å². The molecule has 2 atom stereocenters. The van der Waals surface area contributed by atoms with Crippen LogP contribution in [-0.2, 0) is 10.2 Å². The molecule has 1 aromatic carbocycles. The normalized spacial score (nSPS) is 23.8. The van der Waals surface area contributed by atoms with Gasteiger partial charge >= 0.3 is 0 Å². The molecule has 1 aromatic heterocycles. The van der Waals surface area contributed by atoms with Crippen molar-refractivity contribution >= 4 is 17.5 Å². The second-order valence-electron chi connectivity index (χ2n) is 6.94. The van der Waals surface area contributed by atoms with Crippen molar-refractivity contribution in [1.82, 2.24) is 9.88 Å². The van der Waals surface area contributed by atoms with Crippen LogP contribution in [0.2, 0.25) is 0 Å². The predicted octanol–water partition coefficient (Wildman–Crippen LogP) is 2.79. The summed E-state index contributed by atoms with van der Waals surface area (Å²) < 4.78 is 0. The summed E-state index contributed by atoms with van der Waals surface area (Å²) in [6, 6.07) is 11.2. The quantitative estimate of drug-likeness (QED) is 0.894. The first-order valence-corrected chi connectivity index (χ1v) is 8.92. The smallest absolute Gasteiger partial charge is 0.270 e. The molecule has 26 heavy (non-hydrogen) atoms. The van der Waals surface area contributed by atoms with E-state index in [1.54, 1.807) is 11.0 Å². The van der Waals surface area contributed by atoms with Crippen LogP contribution in [0.5, 0.6) is 0 Å². The molecule has 0 saturated carbocycles. The monoisotopic (exact) mass is 348 g/mol. The minimum atomic E-state index is -0.688. The number of carbonyl (C=O) groups excluding carboxylic acids is 2. The molecule has 2 amide bonds. The fourth-order valence-corrected chi connectivity index (χ4v) is 4.46. The van der Waals surface area contributed by atoms with Crippen molar-refractivity contribution in [2.45, 2.75) is 37.6 Å². The van der Waals surface area contributed by atoms with Gasteiger partial charge in [-0.1, -0.05) is 31.5 Å². The molecule has 0 bridgehead atoms. The lowest BCUT2D eigenvalue weighted by Gasteiger charge is -2.33. The number of fused-ring (bicyclic) bond motifs is 2. The number of benzene rings is 1. The molecule has 2 aromatic rings. The molecule has 1 spiro atoms. The second kappa shape index (κ2) is 6.03. The van der Waals surface area contributed by atoms with Crippen LogP contribution in [0.1, 0.15) is 47.8 Å². The molecule has 6 nitrogen and oxygen atoms in total. The number of nitrogens with one attached hydrogen (secondary N) is 2. The Labute approximate surface area is 151 Å². The summed E-state index contributed by atoms with van der Waals surface area (Å²) in [4.78, 5) is 30.8. The maximum atomic E-state index is 13.1. The largest absolute Gasteiger partial charge is 0.356 e. The Morgan fingerprint density at radius 1 is 1.42 bits per heavy atom. The van der Waals surface area contributed by atoms with Gasteiger partial charge in [0.1, 0.15) is 11.8 Å². The number of carbonyl (C=O) groups is 2. The number of nitriles is 1. The summed E-state index contributed by atoms with van der Waals surface area (Å²) in [5.41, 5.74) is 1.97. The van der Waals surface area contributed by atoms with Gasteiger partial charge in [-0.15, -0.1) is 0 Å². The highest BCUT2D eigenvalue weighted by atomic mass is 16.2. The highest BCUT2D eigenvalue weighted by Gasteiger charge is 2.58. The molecule has 3 heterocycles. The van der Waals surface area contributed by atoms with Gasteiger partial charge in [-0.05, 0) is 30.5 Å². The molecule has 1 fully saturated rings. The van der Waals surface area contributed by atoms with Crippen molar-refractivity contribution in [1.29, 1.82) is 5.26 Å². The van der Waals surface area contributed by atoms with Crippen molar-refractivity contribution in [3.8, 4) is 6.07 Å². The first-order valence-electron chi connectivity index (χ1n) is 8.92. The van der Waals surface area contributed by atoms with E-state index in [1.165, 1.54) is 6.20 Å². The van der Waals surface area contributed by atoms with Crippen LogP contribution in [0.3, 0.4) is 0 Å². The van der Waals surface area contributed by atoms with E-state index >= 15 is 0 Å². The van der Waals surface area contributed by atoms with Gasteiger partial charge in [0, 0.05) is 18.4 Å². The van der Waals surface area contributed by atoms with Gasteiger partial charge in [-0.2, -0.15) is 5.26 Å². The lowest BCUT2D eigenvalue weighted by molar-refractivity contribution is -0.121. The zero-order valence-electron chi connectivity index (χ0n) is 14.6. The summed E-state index contributed by atoms with van der Waals surface area (Å²) in [5.74, 6) is -0.171. The third kappa shape index (κ3) is 2.17. The Hall–Kier alpha value is -3.07. The van der Waals surface area contributed by atoms with E-state index in [9.17, 15) is 9.59 Å². The molecular formula is C20H20N4O2. The first-order chi connectivity index (χ1) is 12.6. The van der Waals surface area contributed by atoms with Crippen molar-refractivity contribution in [3.63, 3.8) is 0 Å². The Bertz CT molecular complexity index is 926. The fourth-order valence-electron chi connectivity index (χ4n) is 4.46. The Morgan fingerprint density at radius 2 is 2.23 bits per heavy atom. The fraction of sp³-hybridized carbons (Fsp3) is 0.350. The molecule has 0 unspecified atom stereocenters. The highest BCUT2D eigenvalue weighted by Crippen LogP contribution is 2.49. The molecule has 1 saturated heterocycles. The number of H-pyrrole nitrogens is 1. The average molecular weight is 348 g/mol. The first kappa shape index (κ1) is 16.4. The molecule has 2 aliphatic rings. The number of likely N-dealkylation sites (tertiary alicyclic amines) is 1. The number of aromatic amines is 1. The minimum absolute atomic E-state index is 0.0170. The Balaban J connectivity index is 1.74. The maximum absolute atomic E-state index is 13.1. The van der Waals surface area contributed by atoms with Crippen molar-refractivity contribution < 1.29 is 9.59 Å². The van der Waals surface area contributed by atoms with Gasteiger partial charge < -0.3 is 15.2 Å². The van der Waals surface area contributed by atoms with Crippen LogP contribution in [0.4, 0.5) is 5.69 Å². The predicted molar refractivity (Wildman–Crippen MR) is 96.6 cm³/mol. The highest BCUT2D eigenvalue weighted by molar-refractivity contribution is 6.08. The number of amides is 2. The zero-order valence-corrected chi connectivity index (χ0v) is 14.6. The number of rotatable bonds is 3. The third-order valence-corrected chi connectivity index (χ3v) is 5.62. The van der Waals surface area contributed by atoms with E-state index in [1.807, 2.05) is 30.3 Å². The van der Waals surface area contributed by atoms with Gasteiger partial charge in [0.2, 0.25) is 5.91 Å². The molecule has 0 aliphatic carbocycles. The summed E-state index contributed by atoms with van der Waals surface area (Å²) in [6.07, 6.45) is 3.77. The molecular weight excluding hydrogens is 328 g/mol. The van der Waals surface area contributed by atoms with Crippen LogP contribution in [0.15, 0.2) is 36.5 Å². The van der Waals surface area contributed by atoms with Crippen LogP contribution in [0.25, 0.3) is 0 Å². The van der Waals surface area contributed by atoms with Gasteiger partial charge in [0.25, 0.3) is 5.91 Å². The van der Waals surface area contributed by atoms with Crippen molar-refractivity contribution in [2.75, 3.05) is 11.9 Å². The summed E-state index contributed by atoms with van der Waals surface area (Å²) in [7, 11) is 0. The number of para-hydroxylation sites is 1. The molecule has 0 radical (unpaired) electrons. The number of nitrogens with zero attached hydrogens (tertiary/aromatic N) is 2. The van der Waals surface area contributed by atoms with E-state index in [4.69, 9.17) is 5.26 Å². The maximum Gasteiger partial charge on any atom is 0.270 e. The molecule has 132 valence electrons. The SMILES string of the molecule is CCC[C@@H]1N(C(=O)c2cc(C#N)c[nH]2)CC[C@]12C(=O)Nc1ccccc12. The minimum Gasteiger partial charge on any atom is -0.356 e.